The Balaban J connectivity index is 1.64. The number of aryl methyl sites for hydroxylation is 1. The Morgan fingerprint density at radius 1 is 1.41 bits per heavy atom. The number of rotatable bonds is 4. The van der Waals surface area contributed by atoms with E-state index in [1.807, 2.05) is 4.90 Å². The standard InChI is InChI=1S/C20H25ClN4O2/c1-3-17-22-18(24-23-17)15-11-25(12-20(15)8-4-5-9-20)19(26)14-7-6-13(21)10-16(14)27-2/h6-7,10,15H,3-5,8-9,11-12H2,1-2H3,(H,22,23,24). The Kier molecular flexibility index (Phi) is 4.84. The zero-order valence-corrected chi connectivity index (χ0v) is 16.6. The van der Waals surface area contributed by atoms with E-state index in [0.717, 1.165) is 37.5 Å². The third-order valence-corrected chi connectivity index (χ3v) is 6.36. The number of H-pyrrole nitrogens is 1. The Morgan fingerprint density at radius 3 is 2.85 bits per heavy atom. The molecular formula is C20H25ClN4O2. The van der Waals surface area contributed by atoms with Gasteiger partial charge in [-0.2, -0.15) is 5.10 Å². The maximum Gasteiger partial charge on any atom is 0.257 e. The van der Waals surface area contributed by atoms with Crippen molar-refractivity contribution in [1.82, 2.24) is 20.1 Å². The van der Waals surface area contributed by atoms with Crippen molar-refractivity contribution in [3.8, 4) is 5.75 Å². The number of aromatic amines is 1. The van der Waals surface area contributed by atoms with E-state index in [4.69, 9.17) is 21.3 Å². The van der Waals surface area contributed by atoms with Gasteiger partial charge in [-0.1, -0.05) is 31.4 Å². The number of hydrogen-bond acceptors (Lipinski definition) is 4. The lowest BCUT2D eigenvalue weighted by molar-refractivity contribution is 0.0770. The molecule has 1 N–H and O–H groups in total. The fraction of sp³-hybridized carbons (Fsp3) is 0.550. The molecule has 1 saturated carbocycles. The molecule has 1 amide bonds. The second-order valence-corrected chi connectivity index (χ2v) is 8.08. The van der Waals surface area contributed by atoms with Crippen molar-refractivity contribution in [3.05, 3.63) is 40.4 Å². The molecule has 1 saturated heterocycles. The number of nitrogens with one attached hydrogen (secondary N) is 1. The summed E-state index contributed by atoms with van der Waals surface area (Å²) in [5, 5.41) is 8.08. The van der Waals surface area contributed by atoms with E-state index in [0.29, 0.717) is 22.9 Å². The summed E-state index contributed by atoms with van der Waals surface area (Å²) in [6, 6.07) is 5.18. The first-order valence-corrected chi connectivity index (χ1v) is 9.98. The van der Waals surface area contributed by atoms with E-state index in [2.05, 4.69) is 17.1 Å². The van der Waals surface area contributed by atoms with Crippen LogP contribution in [0.15, 0.2) is 18.2 Å². The van der Waals surface area contributed by atoms with E-state index in [9.17, 15) is 4.79 Å². The van der Waals surface area contributed by atoms with Gasteiger partial charge in [-0.3, -0.25) is 9.89 Å². The van der Waals surface area contributed by atoms with Crippen LogP contribution in [0.4, 0.5) is 0 Å². The fourth-order valence-corrected chi connectivity index (χ4v) is 4.86. The normalized spacial score (nSPS) is 21.1. The SMILES string of the molecule is CCc1nc(C2CN(C(=O)c3ccc(Cl)cc3OC)CC23CCCC3)n[nH]1. The number of likely N-dealkylation sites (tertiary alicyclic amines) is 1. The molecular weight excluding hydrogens is 364 g/mol. The summed E-state index contributed by atoms with van der Waals surface area (Å²) in [5.41, 5.74) is 0.641. The van der Waals surface area contributed by atoms with Gasteiger partial charge in [0.2, 0.25) is 0 Å². The summed E-state index contributed by atoms with van der Waals surface area (Å²) in [4.78, 5) is 19.9. The van der Waals surface area contributed by atoms with Gasteiger partial charge in [0.1, 0.15) is 11.6 Å². The summed E-state index contributed by atoms with van der Waals surface area (Å²) >= 11 is 6.05. The van der Waals surface area contributed by atoms with Gasteiger partial charge >= 0.3 is 0 Å². The fourth-order valence-electron chi connectivity index (χ4n) is 4.70. The number of carbonyl (C=O) groups excluding carboxylic acids is 1. The molecule has 1 aliphatic carbocycles. The van der Waals surface area contributed by atoms with E-state index in [-0.39, 0.29) is 17.2 Å². The highest BCUT2D eigenvalue weighted by Gasteiger charge is 2.51. The molecule has 6 nitrogen and oxygen atoms in total. The van der Waals surface area contributed by atoms with Crippen LogP contribution in [0, 0.1) is 5.41 Å². The first-order chi connectivity index (χ1) is 13.1. The molecule has 2 fully saturated rings. The minimum Gasteiger partial charge on any atom is -0.496 e. The van der Waals surface area contributed by atoms with Gasteiger partial charge in [0, 0.05) is 30.5 Å². The number of carbonyl (C=O) groups is 1. The maximum atomic E-state index is 13.3. The van der Waals surface area contributed by atoms with Crippen LogP contribution in [-0.4, -0.2) is 46.2 Å². The lowest BCUT2D eigenvalue weighted by atomic mass is 9.76. The van der Waals surface area contributed by atoms with Gasteiger partial charge in [0.15, 0.2) is 5.82 Å². The molecule has 7 heteroatoms. The molecule has 1 spiro atoms. The summed E-state index contributed by atoms with van der Waals surface area (Å²) < 4.78 is 5.39. The van der Waals surface area contributed by atoms with Crippen molar-refractivity contribution in [3.63, 3.8) is 0 Å². The summed E-state index contributed by atoms with van der Waals surface area (Å²) in [6.45, 7) is 3.46. The molecule has 144 valence electrons. The number of halogens is 1. The summed E-state index contributed by atoms with van der Waals surface area (Å²) in [6.07, 6.45) is 5.48. The van der Waals surface area contributed by atoms with E-state index in [1.54, 1.807) is 25.3 Å². The number of nitrogens with zero attached hydrogens (tertiary/aromatic N) is 3. The maximum absolute atomic E-state index is 13.3. The molecule has 1 aromatic heterocycles. The smallest absolute Gasteiger partial charge is 0.257 e. The molecule has 2 aromatic rings. The second-order valence-electron chi connectivity index (χ2n) is 7.65. The van der Waals surface area contributed by atoms with Crippen molar-refractivity contribution in [2.45, 2.75) is 44.9 Å². The molecule has 0 radical (unpaired) electrons. The third kappa shape index (κ3) is 3.20. The number of amides is 1. The first kappa shape index (κ1) is 18.3. The molecule has 1 atom stereocenters. The van der Waals surface area contributed by atoms with Gasteiger partial charge in [-0.05, 0) is 36.5 Å². The molecule has 2 aliphatic rings. The molecule has 2 heterocycles. The van der Waals surface area contributed by atoms with E-state index in [1.165, 1.54) is 12.8 Å². The van der Waals surface area contributed by atoms with Crippen LogP contribution >= 0.6 is 11.6 Å². The quantitative estimate of drug-likeness (QED) is 0.864. The first-order valence-electron chi connectivity index (χ1n) is 9.60. The zero-order valence-electron chi connectivity index (χ0n) is 15.8. The Bertz CT molecular complexity index is 844. The van der Waals surface area contributed by atoms with Gasteiger partial charge in [-0.15, -0.1) is 0 Å². The minimum absolute atomic E-state index is 0.0106. The zero-order chi connectivity index (χ0) is 19.0. The van der Waals surface area contributed by atoms with Crippen molar-refractivity contribution in [1.29, 1.82) is 0 Å². The monoisotopic (exact) mass is 388 g/mol. The number of benzene rings is 1. The largest absolute Gasteiger partial charge is 0.496 e. The molecule has 1 aromatic carbocycles. The van der Waals surface area contributed by atoms with Crippen LogP contribution < -0.4 is 4.74 Å². The van der Waals surface area contributed by atoms with Crippen molar-refractivity contribution in [2.75, 3.05) is 20.2 Å². The topological polar surface area (TPSA) is 71.1 Å². The molecule has 4 rings (SSSR count). The predicted molar refractivity (Wildman–Crippen MR) is 103 cm³/mol. The Morgan fingerprint density at radius 2 is 2.19 bits per heavy atom. The molecule has 1 aliphatic heterocycles. The highest BCUT2D eigenvalue weighted by molar-refractivity contribution is 6.30. The van der Waals surface area contributed by atoms with Crippen molar-refractivity contribution >= 4 is 17.5 Å². The van der Waals surface area contributed by atoms with Crippen LogP contribution in [0.3, 0.4) is 0 Å². The average molecular weight is 389 g/mol. The van der Waals surface area contributed by atoms with Crippen LogP contribution in [0.1, 0.15) is 60.5 Å². The van der Waals surface area contributed by atoms with E-state index >= 15 is 0 Å². The third-order valence-electron chi connectivity index (χ3n) is 6.12. The second kappa shape index (κ2) is 7.15. The minimum atomic E-state index is -0.0106. The lowest BCUT2D eigenvalue weighted by Crippen LogP contribution is -2.31. The van der Waals surface area contributed by atoms with Crippen molar-refractivity contribution < 1.29 is 9.53 Å². The summed E-state index contributed by atoms with van der Waals surface area (Å²) in [7, 11) is 1.56. The Labute approximate surface area is 164 Å². The van der Waals surface area contributed by atoms with Crippen LogP contribution in [-0.2, 0) is 6.42 Å². The number of methoxy groups -OCH3 is 1. The van der Waals surface area contributed by atoms with Gasteiger partial charge < -0.3 is 9.64 Å². The average Bonchev–Trinajstić information content (AvgIpc) is 3.41. The van der Waals surface area contributed by atoms with Gasteiger partial charge in [0.05, 0.1) is 12.7 Å². The lowest BCUT2D eigenvalue weighted by Gasteiger charge is -2.28. The van der Waals surface area contributed by atoms with Gasteiger partial charge in [0.25, 0.3) is 5.91 Å². The highest BCUT2D eigenvalue weighted by Crippen LogP contribution is 2.53. The van der Waals surface area contributed by atoms with E-state index < -0.39 is 0 Å². The van der Waals surface area contributed by atoms with Crippen molar-refractivity contribution in [2.24, 2.45) is 5.41 Å². The highest BCUT2D eigenvalue weighted by atomic mass is 35.5. The molecule has 27 heavy (non-hydrogen) atoms. The molecule has 1 unspecified atom stereocenters. The predicted octanol–water partition coefficient (Wildman–Crippen LogP) is 3.83. The molecule has 0 bridgehead atoms. The number of hydrogen-bond donors (Lipinski definition) is 1. The summed E-state index contributed by atoms with van der Waals surface area (Å²) in [5.74, 6) is 2.44. The van der Waals surface area contributed by atoms with Crippen LogP contribution in [0.25, 0.3) is 0 Å². The van der Waals surface area contributed by atoms with Crippen LogP contribution in [0.2, 0.25) is 5.02 Å². The van der Waals surface area contributed by atoms with Crippen LogP contribution in [0.5, 0.6) is 5.75 Å². The number of aromatic nitrogens is 3. The number of ether oxygens (including phenoxy) is 1. The Hall–Kier alpha value is -2.08. The van der Waals surface area contributed by atoms with Gasteiger partial charge in [-0.25, -0.2) is 4.98 Å².